The smallest absolute Gasteiger partial charge is 0.123 e. The van der Waals surface area contributed by atoms with Crippen molar-refractivity contribution in [1.29, 1.82) is 0 Å². The summed E-state index contributed by atoms with van der Waals surface area (Å²) in [5, 5.41) is 5.28. The summed E-state index contributed by atoms with van der Waals surface area (Å²) in [6.45, 7) is 14.3. The highest BCUT2D eigenvalue weighted by Crippen LogP contribution is 2.31. The van der Waals surface area contributed by atoms with Crippen molar-refractivity contribution in [2.75, 3.05) is 0 Å². The van der Waals surface area contributed by atoms with Crippen molar-refractivity contribution in [2.24, 2.45) is 0 Å². The molecule has 1 aromatic carbocycles. The molecular weight excluding hydrogens is 861 g/mol. The van der Waals surface area contributed by atoms with Crippen LogP contribution in [0.4, 0.5) is 0 Å². The molecule has 0 bridgehead atoms. The second-order valence-electron chi connectivity index (χ2n) is 11.8. The summed E-state index contributed by atoms with van der Waals surface area (Å²) in [6.07, 6.45) is 5.56. The van der Waals surface area contributed by atoms with Crippen molar-refractivity contribution >= 4 is 133 Å². The molecule has 0 unspecified atom stereocenters. The zero-order valence-electron chi connectivity index (χ0n) is 30.8. The molecule has 9 rings (SSSR count). The van der Waals surface area contributed by atoms with Gasteiger partial charge in [0.05, 0.1) is 9.36 Å². The van der Waals surface area contributed by atoms with Gasteiger partial charge in [-0.2, -0.15) is 0 Å². The normalized spacial score (nSPS) is 9.95. The average molecular weight is 904 g/mol. The van der Waals surface area contributed by atoms with Crippen molar-refractivity contribution in [3.63, 3.8) is 0 Å². The molecule has 0 amide bonds. The van der Waals surface area contributed by atoms with Gasteiger partial charge in [-0.05, 0) is 127 Å². The molecule has 0 aliphatic carbocycles. The van der Waals surface area contributed by atoms with Crippen LogP contribution in [0.3, 0.4) is 0 Å². The van der Waals surface area contributed by atoms with Crippen molar-refractivity contribution in [2.45, 2.75) is 55.9 Å². The standard InChI is InChI=1S/C9H7ClS.2C8H7NS.C7H9N.C5H4Cl2S.C5H5ClS.CH4/c1-6-4-7-2-3-8(10)5-9(7)11-6;1-6-4-7-5-9-3-2-8(7)10-6;1-6-5-7-3-2-4-9-8(7)10-6;1-6-4-3-5-7(2)8-6;1-3-2-4(6)5(7)8-3;1-4-2-3-5(6)7-4;/h2-5H,1H3;2*2-5H,1H3;3-5H,1-2H3;2H,1H3;2-3H,1H3;1H4. The van der Waals surface area contributed by atoms with Crippen LogP contribution in [0, 0.1) is 48.5 Å². The van der Waals surface area contributed by atoms with Crippen LogP contribution in [0.15, 0.2) is 110 Å². The summed E-state index contributed by atoms with van der Waals surface area (Å²) < 4.78 is 4.16. The Morgan fingerprint density at radius 1 is 0.491 bits per heavy atom. The van der Waals surface area contributed by atoms with Gasteiger partial charge in [0.2, 0.25) is 0 Å². The van der Waals surface area contributed by atoms with Crippen molar-refractivity contribution in [1.82, 2.24) is 15.0 Å². The lowest BCUT2D eigenvalue weighted by Gasteiger charge is -1.90. The molecular formula is C43H43Cl4N3S5. The second-order valence-corrected chi connectivity index (χ2v) is 20.2. The van der Waals surface area contributed by atoms with E-state index in [0.717, 1.165) is 30.5 Å². The molecule has 0 radical (unpaired) electrons. The molecule has 0 aliphatic heterocycles. The number of halogens is 4. The molecule has 8 aromatic heterocycles. The van der Waals surface area contributed by atoms with Crippen LogP contribution >= 0.6 is 103 Å². The second kappa shape index (κ2) is 23.4. The number of nitrogens with zero attached hydrogens (tertiary/aromatic N) is 3. The van der Waals surface area contributed by atoms with E-state index in [1.165, 1.54) is 56.4 Å². The van der Waals surface area contributed by atoms with Gasteiger partial charge in [0.15, 0.2) is 0 Å². The van der Waals surface area contributed by atoms with Gasteiger partial charge in [0, 0.05) is 79.6 Å². The number of benzene rings is 1. The molecule has 0 fully saturated rings. The molecule has 0 saturated heterocycles. The Morgan fingerprint density at radius 2 is 1.13 bits per heavy atom. The quantitative estimate of drug-likeness (QED) is 0.152. The molecule has 0 atom stereocenters. The van der Waals surface area contributed by atoms with Crippen LogP contribution in [0.5, 0.6) is 0 Å². The van der Waals surface area contributed by atoms with Gasteiger partial charge in [0.25, 0.3) is 0 Å². The molecule has 288 valence electrons. The Kier molecular flexibility index (Phi) is 19.8. The Morgan fingerprint density at radius 3 is 1.64 bits per heavy atom. The first-order valence-corrected chi connectivity index (χ1v) is 22.2. The Bertz CT molecular complexity index is 2320. The van der Waals surface area contributed by atoms with E-state index >= 15 is 0 Å². The molecule has 3 nitrogen and oxygen atoms in total. The zero-order chi connectivity index (χ0) is 39.2. The van der Waals surface area contributed by atoms with Gasteiger partial charge in [-0.3, -0.25) is 9.97 Å². The van der Waals surface area contributed by atoms with E-state index in [4.69, 9.17) is 46.4 Å². The molecule has 0 N–H and O–H groups in total. The SMILES string of the molecule is C.Cc1cc(Cl)c(Cl)s1.Cc1cc2ccc(Cl)cc2s1.Cc1cc2cccnc2s1.Cc1cc2cnccc2s1.Cc1ccc(Cl)s1.Cc1cccc(C)n1. The van der Waals surface area contributed by atoms with Crippen molar-refractivity contribution in [3.05, 3.63) is 164 Å². The average Bonchev–Trinajstić information content (AvgIpc) is 3.93. The van der Waals surface area contributed by atoms with E-state index in [1.807, 2.05) is 118 Å². The number of pyridine rings is 3. The minimum Gasteiger partial charge on any atom is -0.264 e. The predicted molar refractivity (Wildman–Crippen MR) is 254 cm³/mol. The molecule has 0 spiro atoms. The number of fused-ring (bicyclic) bond motifs is 3. The summed E-state index contributed by atoms with van der Waals surface area (Å²) in [6, 6.07) is 30.4. The van der Waals surface area contributed by atoms with E-state index in [-0.39, 0.29) is 7.43 Å². The van der Waals surface area contributed by atoms with E-state index in [2.05, 4.69) is 66.1 Å². The third-order valence-electron chi connectivity index (χ3n) is 6.97. The van der Waals surface area contributed by atoms with Gasteiger partial charge in [0.1, 0.15) is 9.17 Å². The molecule has 55 heavy (non-hydrogen) atoms. The number of aryl methyl sites for hydroxylation is 7. The lowest BCUT2D eigenvalue weighted by molar-refractivity contribution is 1.12. The van der Waals surface area contributed by atoms with Crippen LogP contribution in [0.25, 0.3) is 30.4 Å². The maximum atomic E-state index is 5.83. The fourth-order valence-corrected chi connectivity index (χ4v) is 10.0. The number of aromatic nitrogens is 3. The maximum Gasteiger partial charge on any atom is 0.123 e. The number of thiophene rings is 5. The summed E-state index contributed by atoms with van der Waals surface area (Å²) in [5.74, 6) is 0. The van der Waals surface area contributed by atoms with Gasteiger partial charge >= 0.3 is 0 Å². The molecule has 9 aromatic rings. The highest BCUT2D eigenvalue weighted by atomic mass is 35.5. The fourth-order valence-electron chi connectivity index (χ4n) is 4.69. The monoisotopic (exact) mass is 901 g/mol. The summed E-state index contributed by atoms with van der Waals surface area (Å²) in [7, 11) is 0. The third kappa shape index (κ3) is 16.2. The third-order valence-corrected chi connectivity index (χ3v) is 13.1. The highest BCUT2D eigenvalue weighted by molar-refractivity contribution is 7.19. The van der Waals surface area contributed by atoms with Gasteiger partial charge < -0.3 is 0 Å². The largest absolute Gasteiger partial charge is 0.264 e. The van der Waals surface area contributed by atoms with Crippen LogP contribution in [-0.4, -0.2) is 15.0 Å². The molecule has 0 aliphatic rings. The molecule has 12 heteroatoms. The fraction of sp³-hybridized carbons (Fsp3) is 0.186. The molecule has 8 heterocycles. The maximum absolute atomic E-state index is 5.83. The van der Waals surface area contributed by atoms with E-state index in [9.17, 15) is 0 Å². The summed E-state index contributed by atoms with van der Waals surface area (Å²) >= 11 is 31.1. The van der Waals surface area contributed by atoms with Gasteiger partial charge in [-0.15, -0.1) is 56.7 Å². The first kappa shape index (κ1) is 46.5. The number of hydrogen-bond acceptors (Lipinski definition) is 8. The highest BCUT2D eigenvalue weighted by Gasteiger charge is 1.99. The lowest BCUT2D eigenvalue weighted by atomic mass is 10.2. The summed E-state index contributed by atoms with van der Waals surface area (Å²) in [5.41, 5.74) is 2.18. The van der Waals surface area contributed by atoms with Crippen LogP contribution in [-0.2, 0) is 0 Å². The van der Waals surface area contributed by atoms with E-state index in [1.54, 1.807) is 34.0 Å². The Balaban J connectivity index is 0.000000178. The number of rotatable bonds is 0. The van der Waals surface area contributed by atoms with Crippen LogP contribution in [0.2, 0.25) is 18.7 Å². The summed E-state index contributed by atoms with van der Waals surface area (Å²) in [4.78, 5) is 20.0. The van der Waals surface area contributed by atoms with Crippen molar-refractivity contribution in [3.8, 4) is 0 Å². The Labute approximate surface area is 365 Å². The van der Waals surface area contributed by atoms with Gasteiger partial charge in [-0.25, -0.2) is 4.98 Å². The van der Waals surface area contributed by atoms with Crippen LogP contribution in [0.1, 0.15) is 43.2 Å². The van der Waals surface area contributed by atoms with Crippen LogP contribution < -0.4 is 0 Å². The minimum absolute atomic E-state index is 0. The lowest BCUT2D eigenvalue weighted by Crippen LogP contribution is -1.81. The predicted octanol–water partition coefficient (Wildman–Crippen LogP) is 17.5. The number of hydrogen-bond donors (Lipinski definition) is 0. The van der Waals surface area contributed by atoms with Crippen molar-refractivity contribution < 1.29 is 0 Å². The first-order chi connectivity index (χ1) is 25.7. The first-order valence-electron chi connectivity index (χ1n) is 16.6. The minimum atomic E-state index is 0. The van der Waals surface area contributed by atoms with E-state index in [0.29, 0.717) is 9.36 Å². The molecule has 0 saturated carbocycles. The van der Waals surface area contributed by atoms with E-state index < -0.39 is 0 Å². The zero-order valence-corrected chi connectivity index (χ0v) is 37.9. The Hall–Kier alpha value is -2.89. The van der Waals surface area contributed by atoms with Gasteiger partial charge in [-0.1, -0.05) is 72.0 Å². The topological polar surface area (TPSA) is 38.7 Å².